The summed E-state index contributed by atoms with van der Waals surface area (Å²) < 4.78 is 53.9. The number of hydrogen-bond acceptors (Lipinski definition) is 5. The van der Waals surface area contributed by atoms with Crippen molar-refractivity contribution >= 4 is 22.5 Å². The molecule has 0 unspecified atom stereocenters. The molecule has 5 rings (SSSR count). The van der Waals surface area contributed by atoms with E-state index in [9.17, 15) is 13.2 Å². The molecule has 0 radical (unpaired) electrons. The second kappa shape index (κ2) is 8.66. The van der Waals surface area contributed by atoms with E-state index in [0.29, 0.717) is 30.6 Å². The molecule has 0 bridgehead atoms. The van der Waals surface area contributed by atoms with Gasteiger partial charge in [0.05, 0.1) is 24.3 Å². The van der Waals surface area contributed by atoms with Gasteiger partial charge in [-0.1, -0.05) is 18.2 Å². The molecule has 0 aliphatic carbocycles. The maximum Gasteiger partial charge on any atom is 0.266 e. The fraction of sp³-hybridized carbons (Fsp3) is 0.304. The molecule has 4 aromatic rings. The van der Waals surface area contributed by atoms with Crippen LogP contribution < -0.4 is 10.1 Å². The lowest BCUT2D eigenvalue weighted by atomic mass is 10.1. The number of nitrogens with zero attached hydrogens (tertiary/aromatic N) is 3. The minimum absolute atomic E-state index is 0.00355. The Labute approximate surface area is 182 Å². The van der Waals surface area contributed by atoms with Crippen molar-refractivity contribution in [2.24, 2.45) is 0 Å². The molecule has 6 nitrogen and oxygen atoms in total. The summed E-state index contributed by atoms with van der Waals surface area (Å²) >= 11 is 0. The van der Waals surface area contributed by atoms with Crippen molar-refractivity contribution in [3.63, 3.8) is 0 Å². The summed E-state index contributed by atoms with van der Waals surface area (Å²) in [5.74, 6) is 0.724. The van der Waals surface area contributed by atoms with E-state index in [1.807, 2.05) is 22.6 Å². The van der Waals surface area contributed by atoms with Gasteiger partial charge in [0.25, 0.3) is 6.43 Å². The maximum atomic E-state index is 14.5. The number of ether oxygens (including phenoxy) is 2. The van der Waals surface area contributed by atoms with Crippen molar-refractivity contribution in [3.05, 3.63) is 65.7 Å². The van der Waals surface area contributed by atoms with Gasteiger partial charge in [0.1, 0.15) is 23.5 Å². The monoisotopic (exact) mass is 442 g/mol. The SMILES string of the molecule is Fc1c(CNc2nc3nccn3c3ccc(OC4CCOCC4)cc23)cccc1C(F)F. The van der Waals surface area contributed by atoms with Crippen LogP contribution in [0.25, 0.3) is 16.7 Å². The number of nitrogens with one attached hydrogen (secondary N) is 1. The van der Waals surface area contributed by atoms with E-state index in [-0.39, 0.29) is 18.2 Å². The van der Waals surface area contributed by atoms with Crippen molar-refractivity contribution in [1.82, 2.24) is 14.4 Å². The van der Waals surface area contributed by atoms with E-state index < -0.39 is 17.8 Å². The molecular weight excluding hydrogens is 421 g/mol. The van der Waals surface area contributed by atoms with Gasteiger partial charge in [-0.2, -0.15) is 4.98 Å². The summed E-state index contributed by atoms with van der Waals surface area (Å²) in [5, 5.41) is 3.85. The molecule has 166 valence electrons. The molecule has 2 aromatic heterocycles. The van der Waals surface area contributed by atoms with Crippen LogP contribution in [0, 0.1) is 5.82 Å². The van der Waals surface area contributed by atoms with Gasteiger partial charge < -0.3 is 14.8 Å². The van der Waals surface area contributed by atoms with Gasteiger partial charge in [0.2, 0.25) is 5.78 Å². The maximum absolute atomic E-state index is 14.5. The van der Waals surface area contributed by atoms with Crippen LogP contribution >= 0.6 is 0 Å². The van der Waals surface area contributed by atoms with Gasteiger partial charge in [-0.15, -0.1) is 0 Å². The summed E-state index contributed by atoms with van der Waals surface area (Å²) in [6.07, 6.45) is 2.29. The quantitative estimate of drug-likeness (QED) is 0.449. The zero-order valence-electron chi connectivity index (χ0n) is 17.1. The molecule has 1 saturated heterocycles. The molecule has 1 aliphatic heterocycles. The van der Waals surface area contributed by atoms with Crippen LogP contribution in [0.4, 0.5) is 19.0 Å². The van der Waals surface area contributed by atoms with Gasteiger partial charge in [0.15, 0.2) is 0 Å². The highest BCUT2D eigenvalue weighted by atomic mass is 19.3. The number of alkyl halides is 2. The standard InChI is InChI=1S/C23H21F3N4O2/c24-20-14(2-1-3-17(20)21(25)26)13-28-22-18-12-16(32-15-6-10-31-11-7-15)4-5-19(18)30-9-8-27-23(30)29-22/h1-5,8-9,12,15,21H,6-7,10-11,13H2,(H,27,28,29). The van der Waals surface area contributed by atoms with E-state index in [1.165, 1.54) is 12.1 Å². The minimum Gasteiger partial charge on any atom is -0.490 e. The highest BCUT2D eigenvalue weighted by Crippen LogP contribution is 2.30. The van der Waals surface area contributed by atoms with Crippen LogP contribution in [0.5, 0.6) is 5.75 Å². The molecule has 1 N–H and O–H groups in total. The van der Waals surface area contributed by atoms with Crippen molar-refractivity contribution < 1.29 is 22.6 Å². The van der Waals surface area contributed by atoms with Crippen molar-refractivity contribution in [3.8, 4) is 5.75 Å². The Morgan fingerprint density at radius 3 is 2.84 bits per heavy atom. The van der Waals surface area contributed by atoms with Crippen molar-refractivity contribution in [1.29, 1.82) is 0 Å². The number of rotatable bonds is 6. The minimum atomic E-state index is -2.87. The number of halogens is 3. The van der Waals surface area contributed by atoms with Crippen LogP contribution in [-0.4, -0.2) is 33.7 Å². The number of hydrogen-bond donors (Lipinski definition) is 1. The third-order valence-electron chi connectivity index (χ3n) is 5.58. The summed E-state index contributed by atoms with van der Waals surface area (Å²) in [7, 11) is 0. The molecule has 0 saturated carbocycles. The number of fused-ring (bicyclic) bond motifs is 3. The highest BCUT2D eigenvalue weighted by Gasteiger charge is 2.18. The van der Waals surface area contributed by atoms with Gasteiger partial charge >= 0.3 is 0 Å². The number of imidazole rings is 1. The lowest BCUT2D eigenvalue weighted by Crippen LogP contribution is -2.25. The summed E-state index contributed by atoms with van der Waals surface area (Å²) in [6.45, 7) is 1.34. The van der Waals surface area contributed by atoms with Crippen LogP contribution in [-0.2, 0) is 11.3 Å². The van der Waals surface area contributed by atoms with Crippen LogP contribution in [0.3, 0.4) is 0 Å². The molecule has 0 amide bonds. The molecule has 1 aliphatic rings. The largest absolute Gasteiger partial charge is 0.490 e. The second-order valence-electron chi connectivity index (χ2n) is 7.64. The van der Waals surface area contributed by atoms with Crippen LogP contribution in [0.2, 0.25) is 0 Å². The second-order valence-corrected chi connectivity index (χ2v) is 7.64. The first-order valence-electron chi connectivity index (χ1n) is 10.4. The summed E-state index contributed by atoms with van der Waals surface area (Å²) in [6, 6.07) is 9.68. The molecule has 0 atom stereocenters. The van der Waals surface area contributed by atoms with Crippen molar-refractivity contribution in [2.75, 3.05) is 18.5 Å². The van der Waals surface area contributed by atoms with Gasteiger partial charge in [-0.3, -0.25) is 4.40 Å². The molecular formula is C23H21F3N4O2. The third kappa shape index (κ3) is 3.95. The average molecular weight is 442 g/mol. The lowest BCUT2D eigenvalue weighted by Gasteiger charge is -2.23. The summed E-state index contributed by atoms with van der Waals surface area (Å²) in [5.41, 5.74) is 0.365. The zero-order valence-corrected chi connectivity index (χ0v) is 17.1. The first kappa shape index (κ1) is 20.6. The number of aromatic nitrogens is 3. The van der Waals surface area contributed by atoms with Gasteiger partial charge in [0, 0.05) is 42.7 Å². The molecule has 9 heteroatoms. The Balaban J connectivity index is 1.49. The summed E-state index contributed by atoms with van der Waals surface area (Å²) in [4.78, 5) is 8.80. The topological polar surface area (TPSA) is 60.7 Å². The fourth-order valence-corrected chi connectivity index (χ4v) is 3.92. The molecule has 0 spiro atoms. The zero-order chi connectivity index (χ0) is 22.1. The van der Waals surface area contributed by atoms with Crippen LogP contribution in [0.15, 0.2) is 48.8 Å². The number of benzene rings is 2. The predicted molar refractivity (Wildman–Crippen MR) is 114 cm³/mol. The van der Waals surface area contributed by atoms with E-state index in [2.05, 4.69) is 15.3 Å². The Morgan fingerprint density at radius 1 is 1.19 bits per heavy atom. The Bertz CT molecular complexity index is 1250. The van der Waals surface area contributed by atoms with E-state index in [0.717, 1.165) is 29.8 Å². The molecule has 32 heavy (non-hydrogen) atoms. The third-order valence-corrected chi connectivity index (χ3v) is 5.58. The molecule has 3 heterocycles. The van der Waals surface area contributed by atoms with Gasteiger partial charge in [-0.05, 0) is 18.2 Å². The molecule has 1 fully saturated rings. The fourth-order valence-electron chi connectivity index (χ4n) is 3.92. The van der Waals surface area contributed by atoms with Crippen LogP contribution in [0.1, 0.15) is 30.4 Å². The Morgan fingerprint density at radius 2 is 2.03 bits per heavy atom. The van der Waals surface area contributed by atoms with Crippen molar-refractivity contribution in [2.45, 2.75) is 31.9 Å². The first-order chi connectivity index (χ1) is 15.6. The normalized spacial score (nSPS) is 15.0. The lowest BCUT2D eigenvalue weighted by molar-refractivity contribution is 0.0256. The van der Waals surface area contributed by atoms with E-state index >= 15 is 0 Å². The van der Waals surface area contributed by atoms with Gasteiger partial charge in [-0.25, -0.2) is 18.2 Å². The van der Waals surface area contributed by atoms with E-state index in [4.69, 9.17) is 9.47 Å². The predicted octanol–water partition coefficient (Wildman–Crippen LogP) is 5.13. The molecule has 2 aromatic carbocycles. The Kier molecular flexibility index (Phi) is 5.57. The van der Waals surface area contributed by atoms with E-state index in [1.54, 1.807) is 12.4 Å². The number of anilines is 1. The average Bonchev–Trinajstić information content (AvgIpc) is 3.27. The Hall–Kier alpha value is -3.33. The smallest absolute Gasteiger partial charge is 0.266 e. The first-order valence-corrected chi connectivity index (χ1v) is 10.4. The highest BCUT2D eigenvalue weighted by molar-refractivity contribution is 5.92.